The molecule has 168 valence electrons. The SMILES string of the molecule is CCCN(c1cc2cc(c1)C(=O)N[C@H](CO)Cc1cccc(c1)CCCC2)S(C)(=O)=O. The zero-order valence-corrected chi connectivity index (χ0v) is 19.1. The number of fused-ring (bicyclic) bond motifs is 4. The van der Waals surface area contributed by atoms with E-state index in [1.807, 2.05) is 31.2 Å². The lowest BCUT2D eigenvalue weighted by Gasteiger charge is -2.24. The smallest absolute Gasteiger partial charge is 0.251 e. The van der Waals surface area contributed by atoms with Gasteiger partial charge in [0.15, 0.2) is 0 Å². The van der Waals surface area contributed by atoms with Gasteiger partial charge in [0.05, 0.1) is 24.6 Å². The Bertz CT molecular complexity index is 1020. The molecule has 6 nitrogen and oxygen atoms in total. The quantitative estimate of drug-likeness (QED) is 0.742. The maximum absolute atomic E-state index is 13.0. The van der Waals surface area contributed by atoms with E-state index < -0.39 is 16.1 Å². The second-order valence-electron chi connectivity index (χ2n) is 8.31. The molecule has 0 unspecified atom stereocenters. The summed E-state index contributed by atoms with van der Waals surface area (Å²) in [6, 6.07) is 13.2. The van der Waals surface area contributed by atoms with E-state index in [1.165, 1.54) is 16.1 Å². The molecule has 1 amide bonds. The Hall–Kier alpha value is -2.38. The highest BCUT2D eigenvalue weighted by molar-refractivity contribution is 7.92. The Morgan fingerprint density at radius 2 is 1.77 bits per heavy atom. The third-order valence-electron chi connectivity index (χ3n) is 5.56. The van der Waals surface area contributed by atoms with Crippen LogP contribution in [0.1, 0.15) is 53.2 Å². The lowest BCUT2D eigenvalue weighted by Crippen LogP contribution is -2.39. The molecule has 4 bridgehead atoms. The number of aryl methyl sites for hydroxylation is 2. The number of hydrogen-bond donors (Lipinski definition) is 2. The normalized spacial score (nSPS) is 17.5. The highest BCUT2D eigenvalue weighted by atomic mass is 32.2. The summed E-state index contributed by atoms with van der Waals surface area (Å²) in [7, 11) is -3.46. The maximum Gasteiger partial charge on any atom is 0.251 e. The zero-order chi connectivity index (χ0) is 22.4. The van der Waals surface area contributed by atoms with Gasteiger partial charge in [0.1, 0.15) is 0 Å². The average Bonchev–Trinajstić information content (AvgIpc) is 2.73. The first-order chi connectivity index (χ1) is 14.8. The Morgan fingerprint density at radius 1 is 1.06 bits per heavy atom. The summed E-state index contributed by atoms with van der Waals surface area (Å²) in [4.78, 5) is 13.0. The standard InChI is InChI=1S/C24H32N2O4S/c1-3-11-26(31(2,29)30)23-15-20-8-5-4-7-18-9-6-10-19(12-18)14-22(17-27)25-24(28)21(13-20)16-23/h6,9-10,12-13,15-16,22,27H,3-5,7-8,11,14,17H2,1-2H3,(H,25,28)/t22-/m0/s1. The molecule has 31 heavy (non-hydrogen) atoms. The van der Waals surface area contributed by atoms with Gasteiger partial charge < -0.3 is 10.4 Å². The van der Waals surface area contributed by atoms with Gasteiger partial charge in [-0.2, -0.15) is 0 Å². The molecule has 1 heterocycles. The number of aliphatic hydroxyl groups excluding tert-OH is 1. The molecular weight excluding hydrogens is 412 g/mol. The summed E-state index contributed by atoms with van der Waals surface area (Å²) in [5.41, 5.74) is 4.21. The van der Waals surface area contributed by atoms with Crippen LogP contribution in [-0.2, 0) is 29.3 Å². The van der Waals surface area contributed by atoms with Gasteiger partial charge in [-0.1, -0.05) is 31.2 Å². The first-order valence-electron chi connectivity index (χ1n) is 10.9. The van der Waals surface area contributed by atoms with Crippen LogP contribution < -0.4 is 9.62 Å². The fraction of sp³-hybridized carbons (Fsp3) is 0.458. The molecule has 2 aromatic rings. The van der Waals surface area contributed by atoms with Crippen molar-refractivity contribution in [3.05, 3.63) is 64.7 Å². The van der Waals surface area contributed by atoms with Crippen LogP contribution in [0.4, 0.5) is 5.69 Å². The largest absolute Gasteiger partial charge is 0.394 e. The van der Waals surface area contributed by atoms with Gasteiger partial charge in [-0.25, -0.2) is 8.42 Å². The van der Waals surface area contributed by atoms with Crippen molar-refractivity contribution >= 4 is 21.6 Å². The highest BCUT2D eigenvalue weighted by Crippen LogP contribution is 2.24. The van der Waals surface area contributed by atoms with Crippen LogP contribution in [-0.4, -0.2) is 44.9 Å². The zero-order valence-electron chi connectivity index (χ0n) is 18.3. The van der Waals surface area contributed by atoms with E-state index in [1.54, 1.807) is 6.07 Å². The van der Waals surface area contributed by atoms with E-state index in [2.05, 4.69) is 17.4 Å². The summed E-state index contributed by atoms with van der Waals surface area (Å²) in [5, 5.41) is 12.8. The lowest BCUT2D eigenvalue weighted by atomic mass is 9.97. The minimum absolute atomic E-state index is 0.173. The lowest BCUT2D eigenvalue weighted by molar-refractivity contribution is 0.0916. The number of aliphatic hydroxyl groups is 1. The molecule has 0 saturated heterocycles. The molecular formula is C24H32N2O4S. The topological polar surface area (TPSA) is 86.7 Å². The first kappa shape index (κ1) is 23.3. The van der Waals surface area contributed by atoms with E-state index >= 15 is 0 Å². The van der Waals surface area contributed by atoms with E-state index in [0.29, 0.717) is 30.6 Å². The second kappa shape index (κ2) is 10.3. The third-order valence-corrected chi connectivity index (χ3v) is 6.76. The molecule has 2 aromatic carbocycles. The molecule has 3 rings (SSSR count). The number of nitrogens with one attached hydrogen (secondary N) is 1. The van der Waals surface area contributed by atoms with Crippen molar-refractivity contribution in [2.45, 2.75) is 51.5 Å². The fourth-order valence-electron chi connectivity index (χ4n) is 4.07. The summed E-state index contributed by atoms with van der Waals surface area (Å²) in [6.45, 7) is 2.11. The molecule has 0 fully saturated rings. The van der Waals surface area contributed by atoms with E-state index in [-0.39, 0.29) is 12.5 Å². The third kappa shape index (κ3) is 6.31. The fourth-order valence-corrected chi connectivity index (χ4v) is 5.07. The van der Waals surface area contributed by atoms with Crippen molar-refractivity contribution in [1.82, 2.24) is 5.32 Å². The number of anilines is 1. The monoisotopic (exact) mass is 444 g/mol. The number of rotatable bonds is 5. The summed E-state index contributed by atoms with van der Waals surface area (Å²) in [5.74, 6) is -0.305. The molecule has 1 aliphatic heterocycles. The molecule has 7 heteroatoms. The van der Waals surface area contributed by atoms with Crippen molar-refractivity contribution < 1.29 is 18.3 Å². The molecule has 1 aliphatic rings. The van der Waals surface area contributed by atoms with Gasteiger partial charge in [0, 0.05) is 12.1 Å². The van der Waals surface area contributed by atoms with Crippen LogP contribution in [0.5, 0.6) is 0 Å². The van der Waals surface area contributed by atoms with Gasteiger partial charge >= 0.3 is 0 Å². The first-order valence-corrected chi connectivity index (χ1v) is 12.8. The second-order valence-corrected chi connectivity index (χ2v) is 10.2. The van der Waals surface area contributed by atoms with Crippen molar-refractivity contribution in [3.63, 3.8) is 0 Å². The van der Waals surface area contributed by atoms with Crippen LogP contribution in [0.2, 0.25) is 0 Å². The molecule has 1 atom stereocenters. The van der Waals surface area contributed by atoms with Crippen LogP contribution in [0, 0.1) is 0 Å². The average molecular weight is 445 g/mol. The summed E-state index contributed by atoms with van der Waals surface area (Å²) < 4.78 is 26.1. The van der Waals surface area contributed by atoms with Crippen LogP contribution in [0.3, 0.4) is 0 Å². The number of nitrogens with zero attached hydrogens (tertiary/aromatic N) is 1. The number of carbonyl (C=O) groups excluding carboxylic acids is 1. The summed E-state index contributed by atoms with van der Waals surface area (Å²) >= 11 is 0. The molecule has 2 N–H and O–H groups in total. The van der Waals surface area contributed by atoms with Crippen molar-refractivity contribution in [2.75, 3.05) is 23.7 Å². The van der Waals surface area contributed by atoms with Crippen molar-refractivity contribution in [3.8, 4) is 0 Å². The maximum atomic E-state index is 13.0. The molecule has 0 aliphatic carbocycles. The van der Waals surface area contributed by atoms with E-state index in [9.17, 15) is 18.3 Å². The van der Waals surface area contributed by atoms with Crippen LogP contribution >= 0.6 is 0 Å². The Balaban J connectivity index is 1.99. The summed E-state index contributed by atoms with van der Waals surface area (Å²) in [6.07, 6.45) is 6.07. The van der Waals surface area contributed by atoms with Gasteiger partial charge in [-0.05, 0) is 73.4 Å². The predicted molar refractivity (Wildman–Crippen MR) is 124 cm³/mol. The molecule has 0 spiro atoms. The van der Waals surface area contributed by atoms with Gasteiger partial charge in [-0.15, -0.1) is 0 Å². The van der Waals surface area contributed by atoms with Gasteiger partial charge in [0.25, 0.3) is 5.91 Å². The number of amides is 1. The molecule has 0 aromatic heterocycles. The number of hydrogen-bond acceptors (Lipinski definition) is 4. The number of carbonyl (C=O) groups is 1. The Kier molecular flexibility index (Phi) is 7.73. The minimum Gasteiger partial charge on any atom is -0.394 e. The predicted octanol–water partition coefficient (Wildman–Crippen LogP) is 3.07. The minimum atomic E-state index is -3.46. The highest BCUT2D eigenvalue weighted by Gasteiger charge is 2.21. The van der Waals surface area contributed by atoms with Crippen molar-refractivity contribution in [2.24, 2.45) is 0 Å². The van der Waals surface area contributed by atoms with Crippen molar-refractivity contribution in [1.29, 1.82) is 0 Å². The van der Waals surface area contributed by atoms with Crippen LogP contribution in [0.25, 0.3) is 0 Å². The van der Waals surface area contributed by atoms with Crippen LogP contribution in [0.15, 0.2) is 42.5 Å². The Morgan fingerprint density at radius 3 is 2.45 bits per heavy atom. The Labute approximate surface area is 185 Å². The number of benzene rings is 2. The van der Waals surface area contributed by atoms with Gasteiger partial charge in [-0.3, -0.25) is 9.10 Å². The number of sulfonamides is 1. The van der Waals surface area contributed by atoms with Gasteiger partial charge in [0.2, 0.25) is 10.0 Å². The van der Waals surface area contributed by atoms with E-state index in [4.69, 9.17) is 0 Å². The molecule has 0 saturated carbocycles. The molecule has 0 radical (unpaired) electrons. The van der Waals surface area contributed by atoms with E-state index in [0.717, 1.165) is 36.8 Å².